The number of hydrogen-bond acceptors (Lipinski definition) is 5. The number of hydrogen-bond donors (Lipinski definition) is 1. The summed E-state index contributed by atoms with van der Waals surface area (Å²) in [5.41, 5.74) is 3.18. The van der Waals surface area contributed by atoms with Crippen LogP contribution in [-0.2, 0) is 0 Å². The maximum atomic E-state index is 12.3. The highest BCUT2D eigenvalue weighted by Crippen LogP contribution is 2.24. The van der Waals surface area contributed by atoms with E-state index < -0.39 is 11.5 Å². The maximum absolute atomic E-state index is 12.3. The van der Waals surface area contributed by atoms with Gasteiger partial charge in [-0.2, -0.15) is 13.9 Å². The lowest BCUT2D eigenvalue weighted by Gasteiger charge is -2.07. The van der Waals surface area contributed by atoms with Gasteiger partial charge in [0.1, 0.15) is 5.75 Å². The van der Waals surface area contributed by atoms with Crippen LogP contribution < -0.4 is 10.2 Å². The van der Waals surface area contributed by atoms with E-state index in [2.05, 4.69) is 15.3 Å². The van der Waals surface area contributed by atoms with Crippen LogP contribution in [0.2, 0.25) is 0 Å². The molecule has 8 heteroatoms. The van der Waals surface area contributed by atoms with Crippen molar-refractivity contribution < 1.29 is 18.4 Å². The number of anilines is 1. The van der Waals surface area contributed by atoms with Gasteiger partial charge < -0.3 is 4.74 Å². The summed E-state index contributed by atoms with van der Waals surface area (Å²) in [4.78, 5) is 10.1. The van der Waals surface area contributed by atoms with Crippen LogP contribution in [-0.4, -0.2) is 17.7 Å². The number of benzene rings is 2. The zero-order valence-corrected chi connectivity index (χ0v) is 11.1. The van der Waals surface area contributed by atoms with E-state index in [4.69, 9.17) is 0 Å². The van der Waals surface area contributed by atoms with Crippen LogP contribution in [0.15, 0.2) is 53.6 Å². The molecule has 0 spiro atoms. The molecule has 0 amide bonds. The second-order valence-electron chi connectivity index (χ2n) is 4.09. The number of rotatable bonds is 6. The molecule has 0 unspecified atom stereocenters. The van der Waals surface area contributed by atoms with Gasteiger partial charge in [0, 0.05) is 17.7 Å². The standard InChI is InChI=1S/C14H11F2N3O3/c15-14(16)22-13-7-6-12(19(20)21)8-10(13)9-17-18-11-4-2-1-3-5-11/h1-9,14,18H. The average molecular weight is 307 g/mol. The molecule has 0 fully saturated rings. The van der Waals surface area contributed by atoms with E-state index in [0.717, 1.165) is 18.2 Å². The summed E-state index contributed by atoms with van der Waals surface area (Å²) < 4.78 is 29.0. The highest BCUT2D eigenvalue weighted by atomic mass is 19.3. The first-order valence-corrected chi connectivity index (χ1v) is 6.13. The number of nitro groups is 1. The van der Waals surface area contributed by atoms with Crippen molar-refractivity contribution in [3.63, 3.8) is 0 Å². The molecule has 114 valence electrons. The molecule has 0 aliphatic carbocycles. The molecule has 0 bridgehead atoms. The summed E-state index contributed by atoms with van der Waals surface area (Å²) in [5.74, 6) is -0.195. The number of alkyl halides is 2. The van der Waals surface area contributed by atoms with Crippen molar-refractivity contribution in [1.29, 1.82) is 0 Å². The second-order valence-corrected chi connectivity index (χ2v) is 4.09. The minimum atomic E-state index is -3.03. The molecule has 0 aromatic heterocycles. The molecule has 1 N–H and O–H groups in total. The fraction of sp³-hybridized carbons (Fsp3) is 0.0714. The molecule has 2 aromatic carbocycles. The summed E-state index contributed by atoms with van der Waals surface area (Å²) in [6.45, 7) is -3.03. The van der Waals surface area contributed by atoms with Crippen molar-refractivity contribution in [3.05, 3.63) is 64.2 Å². The Labute approximate surface area is 124 Å². The summed E-state index contributed by atoms with van der Waals surface area (Å²) in [6, 6.07) is 12.2. The molecule has 0 aliphatic rings. The monoisotopic (exact) mass is 307 g/mol. The molecular formula is C14H11F2N3O3. The molecule has 22 heavy (non-hydrogen) atoms. The van der Waals surface area contributed by atoms with Gasteiger partial charge in [0.2, 0.25) is 0 Å². The van der Waals surface area contributed by atoms with Crippen LogP contribution in [0.1, 0.15) is 5.56 Å². The predicted molar refractivity (Wildman–Crippen MR) is 77.4 cm³/mol. The van der Waals surface area contributed by atoms with Gasteiger partial charge in [-0.05, 0) is 18.2 Å². The minimum absolute atomic E-state index is 0.0675. The van der Waals surface area contributed by atoms with Crippen molar-refractivity contribution in [2.24, 2.45) is 5.10 Å². The smallest absolute Gasteiger partial charge is 0.387 e. The lowest BCUT2D eigenvalue weighted by Crippen LogP contribution is -2.05. The van der Waals surface area contributed by atoms with E-state index in [9.17, 15) is 18.9 Å². The van der Waals surface area contributed by atoms with E-state index in [1.165, 1.54) is 6.21 Å². The molecular weight excluding hydrogens is 296 g/mol. The first kappa shape index (κ1) is 15.4. The third kappa shape index (κ3) is 4.23. The second kappa shape index (κ2) is 7.11. The Bertz CT molecular complexity index is 678. The molecule has 0 heterocycles. The summed E-state index contributed by atoms with van der Waals surface area (Å²) in [5, 5.41) is 14.6. The molecule has 6 nitrogen and oxygen atoms in total. The fourth-order valence-electron chi connectivity index (χ4n) is 1.64. The number of nitrogens with zero attached hydrogens (tertiary/aromatic N) is 2. The van der Waals surface area contributed by atoms with Gasteiger partial charge in [0.25, 0.3) is 5.69 Å². The average Bonchev–Trinajstić information content (AvgIpc) is 2.49. The largest absolute Gasteiger partial charge is 0.434 e. The number of para-hydroxylation sites is 1. The van der Waals surface area contributed by atoms with Crippen LogP contribution in [0, 0.1) is 10.1 Å². The number of ether oxygens (including phenoxy) is 1. The Kier molecular flexibility index (Phi) is 4.97. The van der Waals surface area contributed by atoms with Crippen molar-refractivity contribution in [1.82, 2.24) is 0 Å². The van der Waals surface area contributed by atoms with E-state index in [-0.39, 0.29) is 17.0 Å². The third-order valence-electron chi connectivity index (χ3n) is 2.59. The molecule has 2 aromatic rings. The molecule has 2 rings (SSSR count). The minimum Gasteiger partial charge on any atom is -0.434 e. The number of halogens is 2. The van der Waals surface area contributed by atoms with Crippen molar-refractivity contribution >= 4 is 17.6 Å². The summed E-state index contributed by atoms with van der Waals surface area (Å²) in [7, 11) is 0. The third-order valence-corrected chi connectivity index (χ3v) is 2.59. The SMILES string of the molecule is O=[N+]([O-])c1ccc(OC(F)F)c(C=NNc2ccccc2)c1. The maximum Gasteiger partial charge on any atom is 0.387 e. The zero-order valence-electron chi connectivity index (χ0n) is 11.1. The zero-order chi connectivity index (χ0) is 15.9. The van der Waals surface area contributed by atoms with E-state index in [1.807, 2.05) is 6.07 Å². The Hall–Kier alpha value is -3.03. The van der Waals surface area contributed by atoms with Crippen molar-refractivity contribution in [3.8, 4) is 5.75 Å². The molecule has 0 aliphatic heterocycles. The van der Waals surface area contributed by atoms with Crippen LogP contribution in [0.3, 0.4) is 0 Å². The van der Waals surface area contributed by atoms with Gasteiger partial charge in [-0.25, -0.2) is 0 Å². The summed E-state index contributed by atoms with van der Waals surface area (Å²) >= 11 is 0. The summed E-state index contributed by atoms with van der Waals surface area (Å²) in [6.07, 6.45) is 1.18. The molecule has 0 saturated carbocycles. The van der Waals surface area contributed by atoms with E-state index in [0.29, 0.717) is 5.69 Å². The topological polar surface area (TPSA) is 76.8 Å². The lowest BCUT2D eigenvalue weighted by atomic mass is 10.2. The molecule has 0 radical (unpaired) electrons. The van der Waals surface area contributed by atoms with Gasteiger partial charge in [-0.1, -0.05) is 18.2 Å². The van der Waals surface area contributed by atoms with Crippen LogP contribution in [0.25, 0.3) is 0 Å². The fourth-order valence-corrected chi connectivity index (χ4v) is 1.64. The van der Waals surface area contributed by atoms with Gasteiger partial charge in [0.05, 0.1) is 16.8 Å². The first-order chi connectivity index (χ1) is 10.6. The van der Waals surface area contributed by atoms with Crippen LogP contribution in [0.4, 0.5) is 20.2 Å². The van der Waals surface area contributed by atoms with Crippen LogP contribution >= 0.6 is 0 Å². The first-order valence-electron chi connectivity index (χ1n) is 6.13. The van der Waals surface area contributed by atoms with Gasteiger partial charge >= 0.3 is 6.61 Å². The molecule has 0 atom stereocenters. The van der Waals surface area contributed by atoms with Gasteiger partial charge in [-0.15, -0.1) is 0 Å². The highest BCUT2D eigenvalue weighted by molar-refractivity contribution is 5.85. The van der Waals surface area contributed by atoms with Crippen molar-refractivity contribution in [2.75, 3.05) is 5.43 Å². The predicted octanol–water partition coefficient (Wildman–Crippen LogP) is 3.64. The quantitative estimate of drug-likeness (QED) is 0.502. The Morgan fingerprint density at radius 3 is 2.59 bits per heavy atom. The lowest BCUT2D eigenvalue weighted by molar-refractivity contribution is -0.384. The number of hydrazone groups is 1. The van der Waals surface area contributed by atoms with Gasteiger partial charge in [-0.3, -0.25) is 15.5 Å². The number of nitrogens with one attached hydrogen (secondary N) is 1. The van der Waals surface area contributed by atoms with E-state index in [1.54, 1.807) is 24.3 Å². The normalized spacial score (nSPS) is 10.9. The van der Waals surface area contributed by atoms with Crippen LogP contribution in [0.5, 0.6) is 5.75 Å². The van der Waals surface area contributed by atoms with Gasteiger partial charge in [0.15, 0.2) is 0 Å². The Morgan fingerprint density at radius 1 is 1.23 bits per heavy atom. The number of nitro benzene ring substituents is 1. The van der Waals surface area contributed by atoms with E-state index >= 15 is 0 Å². The number of non-ortho nitro benzene ring substituents is 1. The Balaban J connectivity index is 2.22. The molecule has 0 saturated heterocycles. The Morgan fingerprint density at radius 2 is 1.95 bits per heavy atom. The highest BCUT2D eigenvalue weighted by Gasteiger charge is 2.13. The van der Waals surface area contributed by atoms with Crippen molar-refractivity contribution in [2.45, 2.75) is 6.61 Å².